The SMILES string of the molecule is Cc1nc(NC(=O)CS(=O)(=O)Cc2ccc(C#N)cc2)sc1-c1ccccc1. The molecular weight excluding hydrogens is 394 g/mol. The number of sulfone groups is 1. The van der Waals surface area contributed by atoms with Gasteiger partial charge in [0.2, 0.25) is 5.91 Å². The number of thiazole rings is 1. The number of carbonyl (C=O) groups is 1. The van der Waals surface area contributed by atoms with Gasteiger partial charge in [-0.15, -0.1) is 0 Å². The number of hydrogen-bond donors (Lipinski definition) is 1. The van der Waals surface area contributed by atoms with E-state index in [1.165, 1.54) is 11.3 Å². The highest BCUT2D eigenvalue weighted by molar-refractivity contribution is 7.91. The van der Waals surface area contributed by atoms with Crippen molar-refractivity contribution in [1.82, 2.24) is 4.98 Å². The van der Waals surface area contributed by atoms with Gasteiger partial charge in [-0.05, 0) is 30.2 Å². The molecule has 0 atom stereocenters. The number of rotatable bonds is 6. The highest BCUT2D eigenvalue weighted by Crippen LogP contribution is 2.32. The third kappa shape index (κ3) is 5.03. The maximum absolute atomic E-state index is 12.3. The van der Waals surface area contributed by atoms with Gasteiger partial charge >= 0.3 is 0 Å². The van der Waals surface area contributed by atoms with Gasteiger partial charge in [-0.3, -0.25) is 4.79 Å². The number of nitrogens with one attached hydrogen (secondary N) is 1. The summed E-state index contributed by atoms with van der Waals surface area (Å²) in [5.74, 6) is -1.52. The lowest BCUT2D eigenvalue weighted by atomic mass is 10.2. The van der Waals surface area contributed by atoms with Crippen LogP contribution in [0.1, 0.15) is 16.8 Å². The summed E-state index contributed by atoms with van der Waals surface area (Å²) in [5, 5.41) is 11.7. The van der Waals surface area contributed by atoms with Crippen LogP contribution < -0.4 is 5.32 Å². The van der Waals surface area contributed by atoms with E-state index in [0.717, 1.165) is 16.1 Å². The Morgan fingerprint density at radius 2 is 1.82 bits per heavy atom. The predicted molar refractivity (Wildman–Crippen MR) is 110 cm³/mol. The molecule has 0 aliphatic carbocycles. The van der Waals surface area contributed by atoms with Gasteiger partial charge in [-0.2, -0.15) is 5.26 Å². The van der Waals surface area contributed by atoms with Crippen molar-refractivity contribution in [2.75, 3.05) is 11.1 Å². The van der Waals surface area contributed by atoms with E-state index in [0.29, 0.717) is 16.3 Å². The summed E-state index contributed by atoms with van der Waals surface area (Å²) in [4.78, 5) is 17.5. The summed E-state index contributed by atoms with van der Waals surface area (Å²) in [6.45, 7) is 1.84. The van der Waals surface area contributed by atoms with Crippen LogP contribution in [0.15, 0.2) is 54.6 Å². The Hall–Kier alpha value is -3.02. The van der Waals surface area contributed by atoms with E-state index in [4.69, 9.17) is 5.26 Å². The number of hydrogen-bond acceptors (Lipinski definition) is 6. The summed E-state index contributed by atoms with van der Waals surface area (Å²) < 4.78 is 24.6. The molecule has 0 saturated heterocycles. The summed E-state index contributed by atoms with van der Waals surface area (Å²) in [7, 11) is -3.65. The zero-order chi connectivity index (χ0) is 20.1. The first kappa shape index (κ1) is 19.7. The summed E-state index contributed by atoms with van der Waals surface area (Å²) in [6.07, 6.45) is 0. The van der Waals surface area contributed by atoms with E-state index >= 15 is 0 Å². The van der Waals surface area contributed by atoms with E-state index < -0.39 is 21.5 Å². The average Bonchev–Trinajstić information content (AvgIpc) is 3.02. The third-order valence-electron chi connectivity index (χ3n) is 3.90. The zero-order valence-corrected chi connectivity index (χ0v) is 16.7. The third-order valence-corrected chi connectivity index (χ3v) is 6.50. The van der Waals surface area contributed by atoms with Gasteiger partial charge < -0.3 is 5.32 Å². The van der Waals surface area contributed by atoms with Crippen LogP contribution in [-0.4, -0.2) is 25.1 Å². The van der Waals surface area contributed by atoms with Gasteiger partial charge in [0.05, 0.1) is 28.0 Å². The number of benzene rings is 2. The van der Waals surface area contributed by atoms with Crippen molar-refractivity contribution in [2.45, 2.75) is 12.7 Å². The molecule has 2 aromatic carbocycles. The van der Waals surface area contributed by atoms with Crippen LogP contribution in [-0.2, 0) is 20.4 Å². The van der Waals surface area contributed by atoms with Crippen LogP contribution in [0.2, 0.25) is 0 Å². The predicted octanol–water partition coefficient (Wildman–Crippen LogP) is 3.54. The van der Waals surface area contributed by atoms with Crippen LogP contribution in [0.5, 0.6) is 0 Å². The molecule has 0 aliphatic rings. The monoisotopic (exact) mass is 411 g/mol. The van der Waals surface area contributed by atoms with Gasteiger partial charge in [-0.25, -0.2) is 13.4 Å². The summed E-state index contributed by atoms with van der Waals surface area (Å²) in [6, 6.07) is 17.9. The Kier molecular flexibility index (Phi) is 5.87. The Morgan fingerprint density at radius 3 is 2.46 bits per heavy atom. The number of aromatic nitrogens is 1. The normalized spacial score (nSPS) is 11.0. The molecule has 0 unspecified atom stereocenters. The summed E-state index contributed by atoms with van der Waals surface area (Å²) in [5.41, 5.74) is 2.74. The van der Waals surface area contributed by atoms with E-state index in [1.54, 1.807) is 24.3 Å². The Morgan fingerprint density at radius 1 is 1.14 bits per heavy atom. The van der Waals surface area contributed by atoms with E-state index in [-0.39, 0.29) is 5.75 Å². The molecule has 3 aromatic rings. The van der Waals surface area contributed by atoms with Crippen LogP contribution in [0, 0.1) is 18.3 Å². The van der Waals surface area contributed by atoms with Crippen molar-refractivity contribution in [3.8, 4) is 16.5 Å². The number of nitriles is 1. The fourth-order valence-corrected chi connectivity index (χ4v) is 4.90. The molecule has 0 spiro atoms. The number of nitrogens with zero attached hydrogens (tertiary/aromatic N) is 2. The molecule has 1 aromatic heterocycles. The Balaban J connectivity index is 1.65. The first-order valence-corrected chi connectivity index (χ1v) is 11.0. The molecule has 1 amide bonds. The van der Waals surface area contributed by atoms with E-state index in [9.17, 15) is 13.2 Å². The molecule has 0 saturated carbocycles. The van der Waals surface area contributed by atoms with Gasteiger partial charge in [0.1, 0.15) is 5.75 Å². The van der Waals surface area contributed by atoms with Crippen molar-refractivity contribution in [3.05, 3.63) is 71.4 Å². The fourth-order valence-electron chi connectivity index (χ4n) is 2.64. The molecule has 0 bridgehead atoms. The van der Waals surface area contributed by atoms with Crippen molar-refractivity contribution in [1.29, 1.82) is 5.26 Å². The Labute approximate surface area is 167 Å². The minimum atomic E-state index is -3.65. The van der Waals surface area contributed by atoms with Gasteiger partial charge in [0.25, 0.3) is 0 Å². The second kappa shape index (κ2) is 8.33. The number of aryl methyl sites for hydroxylation is 1. The highest BCUT2D eigenvalue weighted by Gasteiger charge is 2.19. The second-order valence-corrected chi connectivity index (χ2v) is 9.25. The molecule has 1 heterocycles. The number of carbonyl (C=O) groups excluding carboxylic acids is 1. The minimum absolute atomic E-state index is 0.266. The molecule has 0 aliphatic heterocycles. The molecule has 0 radical (unpaired) electrons. The molecule has 1 N–H and O–H groups in total. The van der Waals surface area contributed by atoms with Crippen molar-refractivity contribution in [3.63, 3.8) is 0 Å². The molecule has 142 valence electrons. The van der Waals surface area contributed by atoms with Crippen LogP contribution in [0.3, 0.4) is 0 Å². The second-order valence-electron chi connectivity index (χ2n) is 6.19. The lowest BCUT2D eigenvalue weighted by Gasteiger charge is -2.05. The van der Waals surface area contributed by atoms with E-state index in [1.807, 2.05) is 43.3 Å². The highest BCUT2D eigenvalue weighted by atomic mass is 32.2. The Bertz CT molecular complexity index is 1130. The van der Waals surface area contributed by atoms with Crippen molar-refractivity contribution >= 4 is 32.2 Å². The lowest BCUT2D eigenvalue weighted by molar-refractivity contribution is -0.113. The zero-order valence-electron chi connectivity index (χ0n) is 15.0. The quantitative estimate of drug-likeness (QED) is 0.669. The molecule has 0 fully saturated rings. The standard InChI is InChI=1S/C20H17N3O3S2/c1-14-19(17-5-3-2-4-6-17)27-20(22-14)23-18(24)13-28(25,26)12-16-9-7-15(11-21)8-10-16/h2-10H,12-13H2,1H3,(H,22,23,24). The minimum Gasteiger partial charge on any atom is -0.301 e. The first-order valence-electron chi connectivity index (χ1n) is 8.38. The maximum Gasteiger partial charge on any atom is 0.241 e. The smallest absolute Gasteiger partial charge is 0.241 e. The largest absolute Gasteiger partial charge is 0.301 e. The average molecular weight is 412 g/mol. The van der Waals surface area contributed by atoms with Crippen LogP contribution >= 0.6 is 11.3 Å². The topological polar surface area (TPSA) is 99.9 Å². The molecule has 28 heavy (non-hydrogen) atoms. The van der Waals surface area contributed by atoms with Gasteiger partial charge in [-0.1, -0.05) is 53.8 Å². The van der Waals surface area contributed by atoms with Gasteiger partial charge in [0, 0.05) is 0 Å². The van der Waals surface area contributed by atoms with Crippen molar-refractivity contribution < 1.29 is 13.2 Å². The summed E-state index contributed by atoms with van der Waals surface area (Å²) >= 11 is 1.31. The van der Waals surface area contributed by atoms with E-state index in [2.05, 4.69) is 10.3 Å². The van der Waals surface area contributed by atoms with Crippen LogP contribution in [0.25, 0.3) is 10.4 Å². The molecule has 3 rings (SSSR count). The molecular formula is C20H17N3O3S2. The maximum atomic E-state index is 12.3. The number of anilines is 1. The lowest BCUT2D eigenvalue weighted by Crippen LogP contribution is -2.23. The first-order chi connectivity index (χ1) is 13.4. The van der Waals surface area contributed by atoms with Crippen molar-refractivity contribution in [2.24, 2.45) is 0 Å². The number of amides is 1. The van der Waals surface area contributed by atoms with Crippen LogP contribution in [0.4, 0.5) is 5.13 Å². The molecule has 6 nitrogen and oxygen atoms in total. The fraction of sp³-hybridized carbons (Fsp3) is 0.150. The van der Waals surface area contributed by atoms with Gasteiger partial charge in [0.15, 0.2) is 15.0 Å². The molecule has 8 heteroatoms.